The molecule has 1 aliphatic heterocycles. The number of nitrogens with zero attached hydrogens (tertiary/aromatic N) is 3. The Labute approximate surface area is 113 Å². The van der Waals surface area contributed by atoms with Crippen LogP contribution in [0, 0.1) is 6.92 Å². The maximum absolute atomic E-state index is 12.5. The van der Waals surface area contributed by atoms with Crippen LogP contribution in [0.25, 0.3) is 0 Å². The van der Waals surface area contributed by atoms with E-state index < -0.39 is 0 Å². The number of nitrogens with two attached hydrogens (primary N) is 1. The average Bonchev–Trinajstić information content (AvgIpc) is 2.77. The molecule has 1 atom stereocenters. The minimum atomic E-state index is 0.0484. The fourth-order valence-corrected chi connectivity index (χ4v) is 2.31. The number of amides is 1. The first-order valence-electron chi connectivity index (χ1n) is 6.76. The summed E-state index contributed by atoms with van der Waals surface area (Å²) in [7, 11) is 0. The summed E-state index contributed by atoms with van der Waals surface area (Å²) in [6.45, 7) is 7.18. The Balaban J connectivity index is 2.12. The van der Waals surface area contributed by atoms with Crippen LogP contribution < -0.4 is 5.73 Å². The molecule has 1 fully saturated rings. The Morgan fingerprint density at radius 3 is 3.11 bits per heavy atom. The second-order valence-corrected chi connectivity index (χ2v) is 4.93. The molecule has 0 aliphatic carbocycles. The monoisotopic (exact) mass is 266 g/mol. The highest BCUT2D eigenvalue weighted by Crippen LogP contribution is 2.15. The minimum absolute atomic E-state index is 0.0484. The molecule has 1 aliphatic rings. The quantitative estimate of drug-likeness (QED) is 0.856. The van der Waals surface area contributed by atoms with E-state index in [1.54, 1.807) is 6.20 Å². The Kier molecular flexibility index (Phi) is 4.55. The van der Waals surface area contributed by atoms with Gasteiger partial charge in [0.25, 0.3) is 5.91 Å². The van der Waals surface area contributed by atoms with Crippen molar-refractivity contribution in [3.63, 3.8) is 0 Å². The van der Waals surface area contributed by atoms with E-state index in [9.17, 15) is 4.79 Å². The first-order valence-corrected chi connectivity index (χ1v) is 6.76. The zero-order chi connectivity index (χ0) is 13.8. The van der Waals surface area contributed by atoms with Crippen molar-refractivity contribution in [3.8, 4) is 0 Å². The molecule has 1 saturated heterocycles. The number of carbonyl (C=O) groups excluding carboxylic acids is 1. The van der Waals surface area contributed by atoms with E-state index in [2.05, 4.69) is 5.10 Å². The molecule has 1 unspecified atom stereocenters. The van der Waals surface area contributed by atoms with Crippen LogP contribution in [-0.2, 0) is 11.3 Å². The van der Waals surface area contributed by atoms with Crippen LogP contribution in [0.2, 0.25) is 0 Å². The van der Waals surface area contributed by atoms with Crippen LogP contribution in [0.15, 0.2) is 6.20 Å². The van der Waals surface area contributed by atoms with Crippen LogP contribution in [0.4, 0.5) is 0 Å². The summed E-state index contributed by atoms with van der Waals surface area (Å²) in [6, 6.07) is 0.119. The third-order valence-corrected chi connectivity index (χ3v) is 3.54. The van der Waals surface area contributed by atoms with Crippen LogP contribution >= 0.6 is 0 Å². The smallest absolute Gasteiger partial charge is 0.257 e. The highest BCUT2D eigenvalue weighted by Gasteiger charge is 2.27. The third-order valence-electron chi connectivity index (χ3n) is 3.54. The van der Waals surface area contributed by atoms with Crippen molar-refractivity contribution in [3.05, 3.63) is 17.5 Å². The second kappa shape index (κ2) is 6.16. The molecule has 0 spiro atoms. The van der Waals surface area contributed by atoms with Gasteiger partial charge in [0, 0.05) is 18.8 Å². The summed E-state index contributed by atoms with van der Waals surface area (Å²) in [5.41, 5.74) is 7.10. The molecule has 1 aromatic rings. The summed E-state index contributed by atoms with van der Waals surface area (Å²) >= 11 is 0. The highest BCUT2D eigenvalue weighted by molar-refractivity contribution is 5.95. The van der Waals surface area contributed by atoms with E-state index in [1.807, 2.05) is 23.4 Å². The minimum Gasteiger partial charge on any atom is -0.377 e. The van der Waals surface area contributed by atoms with Crippen LogP contribution in [-0.4, -0.2) is 52.9 Å². The molecule has 0 aromatic carbocycles. The summed E-state index contributed by atoms with van der Waals surface area (Å²) in [5, 5.41) is 4.28. The maximum atomic E-state index is 12.5. The number of carbonyl (C=O) groups is 1. The molecular formula is C13H22N4O2. The highest BCUT2D eigenvalue weighted by atomic mass is 16.5. The van der Waals surface area contributed by atoms with Crippen molar-refractivity contribution in [1.29, 1.82) is 0 Å². The van der Waals surface area contributed by atoms with E-state index in [0.717, 1.165) is 18.7 Å². The summed E-state index contributed by atoms with van der Waals surface area (Å²) < 4.78 is 7.21. The second-order valence-electron chi connectivity index (χ2n) is 4.93. The molecular weight excluding hydrogens is 244 g/mol. The molecule has 2 rings (SSSR count). The zero-order valence-electron chi connectivity index (χ0n) is 11.6. The van der Waals surface area contributed by atoms with Gasteiger partial charge in [-0.25, -0.2) is 0 Å². The predicted molar refractivity (Wildman–Crippen MR) is 72.0 cm³/mol. The van der Waals surface area contributed by atoms with Gasteiger partial charge in [0.1, 0.15) is 0 Å². The van der Waals surface area contributed by atoms with Gasteiger partial charge >= 0.3 is 0 Å². The number of hydrogen-bond acceptors (Lipinski definition) is 4. The van der Waals surface area contributed by atoms with E-state index in [1.165, 1.54) is 0 Å². The van der Waals surface area contributed by atoms with Gasteiger partial charge in [-0.3, -0.25) is 9.48 Å². The fourth-order valence-electron chi connectivity index (χ4n) is 2.31. The third kappa shape index (κ3) is 2.96. The lowest BCUT2D eigenvalue weighted by Crippen LogP contribution is -2.47. The Bertz CT molecular complexity index is 444. The Hall–Kier alpha value is -1.40. The molecule has 2 N–H and O–H groups in total. The Morgan fingerprint density at radius 2 is 2.42 bits per heavy atom. The van der Waals surface area contributed by atoms with Crippen LogP contribution in [0.5, 0.6) is 0 Å². The number of aromatic nitrogens is 2. The summed E-state index contributed by atoms with van der Waals surface area (Å²) in [4.78, 5) is 14.4. The van der Waals surface area contributed by atoms with Gasteiger partial charge in [0.15, 0.2) is 0 Å². The molecule has 2 heterocycles. The lowest BCUT2D eigenvalue weighted by Gasteiger charge is -2.33. The van der Waals surface area contributed by atoms with Gasteiger partial charge in [0.05, 0.1) is 31.0 Å². The van der Waals surface area contributed by atoms with Crippen LogP contribution in [0.1, 0.15) is 29.4 Å². The molecule has 106 valence electrons. The zero-order valence-corrected chi connectivity index (χ0v) is 11.6. The maximum Gasteiger partial charge on any atom is 0.257 e. The standard InChI is InChI=1S/C13H22N4O2/c1-10-9-19-7-6-16(10)13(18)12-8-15-17(11(12)2)5-3-4-14/h8,10H,3-7,9,14H2,1-2H3. The molecule has 19 heavy (non-hydrogen) atoms. The summed E-state index contributed by atoms with van der Waals surface area (Å²) in [5.74, 6) is 0.0484. The lowest BCUT2D eigenvalue weighted by molar-refractivity contribution is 0.00354. The van der Waals surface area contributed by atoms with Gasteiger partial charge < -0.3 is 15.4 Å². The molecule has 6 heteroatoms. The number of hydrogen-bond donors (Lipinski definition) is 1. The van der Waals surface area contributed by atoms with E-state index in [0.29, 0.717) is 31.9 Å². The van der Waals surface area contributed by atoms with Gasteiger partial charge in [-0.05, 0) is 26.8 Å². The van der Waals surface area contributed by atoms with Crippen LogP contribution in [0.3, 0.4) is 0 Å². The number of aryl methyl sites for hydroxylation is 1. The molecule has 1 amide bonds. The van der Waals surface area contributed by atoms with Gasteiger partial charge in [0.2, 0.25) is 0 Å². The van der Waals surface area contributed by atoms with Crippen molar-refractivity contribution in [2.45, 2.75) is 32.9 Å². The van der Waals surface area contributed by atoms with E-state index in [-0.39, 0.29) is 11.9 Å². The molecule has 6 nitrogen and oxygen atoms in total. The number of ether oxygens (including phenoxy) is 1. The number of morpholine rings is 1. The SMILES string of the molecule is Cc1c(C(=O)N2CCOCC2C)cnn1CCCN. The molecule has 0 radical (unpaired) electrons. The van der Waals surface area contributed by atoms with Crippen molar-refractivity contribution >= 4 is 5.91 Å². The van der Waals surface area contributed by atoms with Crippen molar-refractivity contribution in [1.82, 2.24) is 14.7 Å². The van der Waals surface area contributed by atoms with E-state index in [4.69, 9.17) is 10.5 Å². The molecule has 0 bridgehead atoms. The fraction of sp³-hybridized carbons (Fsp3) is 0.692. The first-order chi connectivity index (χ1) is 9.15. The van der Waals surface area contributed by atoms with Crippen molar-refractivity contribution in [2.24, 2.45) is 5.73 Å². The predicted octanol–water partition coefficient (Wildman–Crippen LogP) is 0.401. The normalized spacial score (nSPS) is 19.7. The van der Waals surface area contributed by atoms with Gasteiger partial charge in [-0.15, -0.1) is 0 Å². The van der Waals surface area contributed by atoms with Crippen molar-refractivity contribution in [2.75, 3.05) is 26.3 Å². The van der Waals surface area contributed by atoms with Gasteiger partial charge in [-0.2, -0.15) is 5.10 Å². The summed E-state index contributed by atoms with van der Waals surface area (Å²) in [6.07, 6.45) is 2.53. The molecule has 0 saturated carbocycles. The Morgan fingerprint density at radius 1 is 1.63 bits per heavy atom. The lowest BCUT2D eigenvalue weighted by atomic mass is 10.2. The number of rotatable bonds is 4. The first kappa shape index (κ1) is 14.0. The van der Waals surface area contributed by atoms with Gasteiger partial charge in [-0.1, -0.05) is 0 Å². The van der Waals surface area contributed by atoms with E-state index >= 15 is 0 Å². The van der Waals surface area contributed by atoms with Crippen molar-refractivity contribution < 1.29 is 9.53 Å². The largest absolute Gasteiger partial charge is 0.377 e. The average molecular weight is 266 g/mol. The topological polar surface area (TPSA) is 73.4 Å². The molecule has 1 aromatic heterocycles.